The Hall–Kier alpha value is -2.44. The number of fused-ring (bicyclic) bond motifs is 1. The number of carbonyl (C=O) groups is 1. The lowest BCUT2D eigenvalue weighted by Gasteiger charge is -2.10. The fraction of sp³-hybridized carbons (Fsp3) is 0.200. The zero-order valence-electron chi connectivity index (χ0n) is 15.2. The van der Waals surface area contributed by atoms with Crippen molar-refractivity contribution in [1.29, 1.82) is 0 Å². The van der Waals surface area contributed by atoms with E-state index in [1.807, 2.05) is 25.1 Å². The number of carbonyl (C=O) groups excluding carboxylic acids is 1. The van der Waals surface area contributed by atoms with Gasteiger partial charge in [0, 0.05) is 16.0 Å². The Balaban J connectivity index is 1.85. The van der Waals surface area contributed by atoms with Gasteiger partial charge in [-0.2, -0.15) is 0 Å². The van der Waals surface area contributed by atoms with Gasteiger partial charge in [-0.05, 0) is 68.8 Å². The Kier molecular flexibility index (Phi) is 5.22. The molecule has 0 radical (unpaired) electrons. The number of aromatic nitrogens is 1. The number of hydrogen-bond acceptors (Lipinski definition) is 4. The van der Waals surface area contributed by atoms with Gasteiger partial charge >= 0.3 is 0 Å². The Morgan fingerprint density at radius 1 is 1.04 bits per heavy atom. The van der Waals surface area contributed by atoms with Crippen molar-refractivity contribution in [3.05, 3.63) is 64.7 Å². The predicted molar refractivity (Wildman–Crippen MR) is 108 cm³/mol. The van der Waals surface area contributed by atoms with E-state index in [4.69, 9.17) is 11.6 Å². The van der Waals surface area contributed by atoms with Gasteiger partial charge in [0.05, 0.1) is 15.7 Å². The van der Waals surface area contributed by atoms with Crippen LogP contribution in [0.3, 0.4) is 0 Å². The van der Waals surface area contributed by atoms with E-state index in [0.717, 1.165) is 16.5 Å². The molecule has 0 aliphatic heterocycles. The highest BCUT2D eigenvalue weighted by atomic mass is 35.5. The molecule has 2 aromatic carbocycles. The molecule has 0 saturated carbocycles. The summed E-state index contributed by atoms with van der Waals surface area (Å²) in [6.07, 6.45) is 0. The lowest BCUT2D eigenvalue weighted by molar-refractivity contribution is 0.102. The molecular weight excluding hydrogens is 384 g/mol. The summed E-state index contributed by atoms with van der Waals surface area (Å²) in [5.41, 5.74) is 2.02. The van der Waals surface area contributed by atoms with Crippen LogP contribution in [0.1, 0.15) is 29.8 Å². The van der Waals surface area contributed by atoms with E-state index in [1.165, 1.54) is 24.3 Å². The molecule has 0 aliphatic carbocycles. The van der Waals surface area contributed by atoms with Gasteiger partial charge in [-0.3, -0.25) is 4.79 Å². The second-order valence-electron chi connectivity index (χ2n) is 6.53. The highest BCUT2D eigenvalue weighted by Gasteiger charge is 2.19. The number of nitrogens with zero attached hydrogens (tertiary/aromatic N) is 1. The average Bonchev–Trinajstić information content (AvgIpc) is 2.65. The van der Waals surface area contributed by atoms with Crippen LogP contribution in [0.2, 0.25) is 5.02 Å². The standard InChI is InChI=1S/C20H19ClN2O3S/c1-12(2)27(25,26)15-7-5-14(6-8-15)20(24)23-18-11-9-16-17(21)10-4-13(3)19(16)22-18/h4-12H,1-3H3,(H,22,23,24). The molecular formula is C20H19ClN2O3S. The van der Waals surface area contributed by atoms with E-state index in [0.29, 0.717) is 16.4 Å². The first-order valence-corrected chi connectivity index (χ1v) is 10.3. The van der Waals surface area contributed by atoms with Crippen LogP contribution in [0.25, 0.3) is 10.9 Å². The van der Waals surface area contributed by atoms with Gasteiger partial charge in [-0.25, -0.2) is 13.4 Å². The van der Waals surface area contributed by atoms with Crippen LogP contribution < -0.4 is 5.32 Å². The Bertz CT molecular complexity index is 1120. The third kappa shape index (κ3) is 3.82. The number of benzene rings is 2. The van der Waals surface area contributed by atoms with Crippen molar-refractivity contribution in [3.8, 4) is 0 Å². The Morgan fingerprint density at radius 3 is 2.33 bits per heavy atom. The Morgan fingerprint density at radius 2 is 1.70 bits per heavy atom. The number of pyridine rings is 1. The van der Waals surface area contributed by atoms with Crippen molar-refractivity contribution in [2.75, 3.05) is 5.32 Å². The molecule has 0 fully saturated rings. The molecule has 0 unspecified atom stereocenters. The number of halogens is 1. The van der Waals surface area contributed by atoms with Crippen LogP contribution in [0.5, 0.6) is 0 Å². The van der Waals surface area contributed by atoms with Gasteiger partial charge in [-0.1, -0.05) is 17.7 Å². The van der Waals surface area contributed by atoms with Crippen LogP contribution in [0, 0.1) is 6.92 Å². The normalized spacial score (nSPS) is 11.7. The van der Waals surface area contributed by atoms with Gasteiger partial charge in [0.1, 0.15) is 5.82 Å². The number of rotatable bonds is 4. The quantitative estimate of drug-likeness (QED) is 0.690. The fourth-order valence-electron chi connectivity index (χ4n) is 2.65. The van der Waals surface area contributed by atoms with Crippen LogP contribution in [-0.2, 0) is 9.84 Å². The SMILES string of the molecule is Cc1ccc(Cl)c2ccc(NC(=O)c3ccc(S(=O)(=O)C(C)C)cc3)nc12. The second-order valence-corrected chi connectivity index (χ2v) is 9.44. The molecule has 1 amide bonds. The van der Waals surface area contributed by atoms with E-state index in [2.05, 4.69) is 10.3 Å². The topological polar surface area (TPSA) is 76.1 Å². The number of anilines is 1. The van der Waals surface area contributed by atoms with Crippen molar-refractivity contribution in [2.45, 2.75) is 30.9 Å². The molecule has 27 heavy (non-hydrogen) atoms. The van der Waals surface area contributed by atoms with Crippen molar-refractivity contribution < 1.29 is 13.2 Å². The summed E-state index contributed by atoms with van der Waals surface area (Å²) in [6, 6.07) is 13.1. The molecule has 1 heterocycles. The number of nitrogens with one attached hydrogen (secondary N) is 1. The summed E-state index contributed by atoms with van der Waals surface area (Å²) < 4.78 is 24.3. The molecule has 7 heteroatoms. The number of hydrogen-bond donors (Lipinski definition) is 1. The molecule has 0 saturated heterocycles. The molecule has 0 bridgehead atoms. The molecule has 1 N–H and O–H groups in total. The third-order valence-electron chi connectivity index (χ3n) is 4.31. The van der Waals surface area contributed by atoms with Gasteiger partial charge < -0.3 is 5.32 Å². The van der Waals surface area contributed by atoms with Crippen molar-refractivity contribution >= 4 is 44.1 Å². The van der Waals surface area contributed by atoms with Crippen LogP contribution in [-0.4, -0.2) is 24.6 Å². The first-order chi connectivity index (χ1) is 12.7. The summed E-state index contributed by atoms with van der Waals surface area (Å²) in [6.45, 7) is 5.16. The van der Waals surface area contributed by atoms with Crippen LogP contribution in [0.15, 0.2) is 53.4 Å². The molecule has 5 nitrogen and oxygen atoms in total. The lowest BCUT2D eigenvalue weighted by atomic mass is 10.1. The van der Waals surface area contributed by atoms with Gasteiger partial charge in [0.15, 0.2) is 9.84 Å². The number of aryl methyl sites for hydroxylation is 1. The maximum Gasteiger partial charge on any atom is 0.256 e. The first-order valence-electron chi connectivity index (χ1n) is 8.41. The molecule has 140 valence electrons. The summed E-state index contributed by atoms with van der Waals surface area (Å²) in [5, 5.41) is 3.63. The maximum atomic E-state index is 12.5. The summed E-state index contributed by atoms with van der Waals surface area (Å²) in [5.74, 6) is 0.0340. The largest absolute Gasteiger partial charge is 0.307 e. The van der Waals surface area contributed by atoms with Gasteiger partial charge in [0.25, 0.3) is 5.91 Å². The van der Waals surface area contributed by atoms with E-state index in [-0.39, 0.29) is 10.8 Å². The van der Waals surface area contributed by atoms with E-state index < -0.39 is 15.1 Å². The predicted octanol–water partition coefficient (Wildman–Crippen LogP) is 4.63. The minimum Gasteiger partial charge on any atom is -0.307 e. The highest BCUT2D eigenvalue weighted by molar-refractivity contribution is 7.92. The monoisotopic (exact) mass is 402 g/mol. The number of amides is 1. The van der Waals surface area contributed by atoms with Crippen molar-refractivity contribution in [3.63, 3.8) is 0 Å². The highest BCUT2D eigenvalue weighted by Crippen LogP contribution is 2.26. The summed E-state index contributed by atoms with van der Waals surface area (Å²) >= 11 is 6.18. The number of sulfone groups is 1. The minimum atomic E-state index is -3.37. The van der Waals surface area contributed by atoms with E-state index in [1.54, 1.807) is 19.9 Å². The Labute approximate surface area is 163 Å². The average molecular weight is 403 g/mol. The second kappa shape index (κ2) is 7.29. The molecule has 3 aromatic rings. The van der Waals surface area contributed by atoms with Crippen molar-refractivity contribution in [2.24, 2.45) is 0 Å². The first kappa shape index (κ1) is 19.3. The van der Waals surface area contributed by atoms with E-state index >= 15 is 0 Å². The summed E-state index contributed by atoms with van der Waals surface area (Å²) in [7, 11) is -3.37. The molecule has 1 aromatic heterocycles. The fourth-order valence-corrected chi connectivity index (χ4v) is 3.92. The van der Waals surface area contributed by atoms with Crippen LogP contribution >= 0.6 is 11.6 Å². The van der Waals surface area contributed by atoms with E-state index in [9.17, 15) is 13.2 Å². The summed E-state index contributed by atoms with van der Waals surface area (Å²) in [4.78, 5) is 17.1. The third-order valence-corrected chi connectivity index (χ3v) is 6.81. The maximum absolute atomic E-state index is 12.5. The lowest BCUT2D eigenvalue weighted by Crippen LogP contribution is -2.15. The van der Waals surface area contributed by atoms with Crippen molar-refractivity contribution in [1.82, 2.24) is 4.98 Å². The minimum absolute atomic E-state index is 0.197. The smallest absolute Gasteiger partial charge is 0.256 e. The van der Waals surface area contributed by atoms with Gasteiger partial charge in [-0.15, -0.1) is 0 Å². The molecule has 3 rings (SSSR count). The molecule has 0 atom stereocenters. The van der Waals surface area contributed by atoms with Crippen LogP contribution in [0.4, 0.5) is 5.82 Å². The molecule has 0 aliphatic rings. The molecule has 0 spiro atoms. The van der Waals surface area contributed by atoms with Gasteiger partial charge in [0.2, 0.25) is 0 Å². The zero-order chi connectivity index (χ0) is 19.8. The zero-order valence-corrected chi connectivity index (χ0v) is 16.7.